The third kappa shape index (κ3) is 3.35. The third-order valence-electron chi connectivity index (χ3n) is 3.85. The summed E-state index contributed by atoms with van der Waals surface area (Å²) in [7, 11) is 1.81. The zero-order valence-corrected chi connectivity index (χ0v) is 11.8. The van der Waals surface area contributed by atoms with Crippen molar-refractivity contribution in [1.82, 2.24) is 15.1 Å². The molecule has 106 valence electrons. The lowest BCUT2D eigenvalue weighted by Crippen LogP contribution is -2.44. The molecule has 0 atom stereocenters. The number of carbonyl (C=O) groups excluding carboxylic acids is 1. The van der Waals surface area contributed by atoms with Crippen LogP contribution in [0.25, 0.3) is 0 Å². The highest BCUT2D eigenvalue weighted by Crippen LogP contribution is 2.27. The highest BCUT2D eigenvalue weighted by atomic mass is 16.3. The molecule has 5 nitrogen and oxygen atoms in total. The fourth-order valence-corrected chi connectivity index (χ4v) is 2.71. The summed E-state index contributed by atoms with van der Waals surface area (Å²) in [6.07, 6.45) is 7.28. The fourth-order valence-electron chi connectivity index (χ4n) is 2.71. The molecule has 1 amide bonds. The summed E-state index contributed by atoms with van der Waals surface area (Å²) in [5, 5.41) is 17.5. The van der Waals surface area contributed by atoms with Gasteiger partial charge in [-0.25, -0.2) is 0 Å². The van der Waals surface area contributed by atoms with Gasteiger partial charge in [-0.05, 0) is 19.3 Å². The Morgan fingerprint density at radius 3 is 2.79 bits per heavy atom. The van der Waals surface area contributed by atoms with Gasteiger partial charge in [-0.3, -0.25) is 9.48 Å². The topological polar surface area (TPSA) is 67.2 Å². The van der Waals surface area contributed by atoms with Gasteiger partial charge >= 0.3 is 0 Å². The van der Waals surface area contributed by atoms with Gasteiger partial charge < -0.3 is 10.4 Å². The number of nitrogens with zero attached hydrogens (tertiary/aromatic N) is 2. The summed E-state index contributed by atoms with van der Waals surface area (Å²) in [5.41, 5.74) is 0.697. The Kier molecular flexibility index (Phi) is 4.24. The SMILES string of the molecule is CCc1nn(C)cc1C(=O)NCC1(O)CCCCC1. The van der Waals surface area contributed by atoms with E-state index in [9.17, 15) is 9.90 Å². The minimum Gasteiger partial charge on any atom is -0.388 e. The molecule has 1 aliphatic carbocycles. The fraction of sp³-hybridized carbons (Fsp3) is 0.714. The Labute approximate surface area is 114 Å². The van der Waals surface area contributed by atoms with E-state index in [1.54, 1.807) is 10.9 Å². The van der Waals surface area contributed by atoms with E-state index in [2.05, 4.69) is 10.4 Å². The molecule has 0 saturated heterocycles. The number of carbonyl (C=O) groups is 1. The van der Waals surface area contributed by atoms with Gasteiger partial charge in [0.25, 0.3) is 5.91 Å². The summed E-state index contributed by atoms with van der Waals surface area (Å²) in [6, 6.07) is 0. The minimum atomic E-state index is -0.720. The van der Waals surface area contributed by atoms with Crippen LogP contribution in [0.15, 0.2) is 6.20 Å². The lowest BCUT2D eigenvalue weighted by Gasteiger charge is -2.32. The number of nitrogens with one attached hydrogen (secondary N) is 1. The van der Waals surface area contributed by atoms with Crippen LogP contribution < -0.4 is 5.32 Å². The second kappa shape index (κ2) is 5.74. The van der Waals surface area contributed by atoms with Crippen molar-refractivity contribution >= 4 is 5.91 Å². The Bertz CT molecular complexity index is 448. The molecular weight excluding hydrogens is 242 g/mol. The van der Waals surface area contributed by atoms with Crippen molar-refractivity contribution in [3.05, 3.63) is 17.5 Å². The van der Waals surface area contributed by atoms with Gasteiger partial charge in [0.05, 0.1) is 16.9 Å². The maximum Gasteiger partial charge on any atom is 0.254 e. The highest BCUT2D eigenvalue weighted by molar-refractivity contribution is 5.95. The van der Waals surface area contributed by atoms with Gasteiger partial charge in [-0.2, -0.15) is 5.10 Å². The number of aliphatic hydroxyl groups is 1. The van der Waals surface area contributed by atoms with Gasteiger partial charge in [-0.15, -0.1) is 0 Å². The molecule has 0 radical (unpaired) electrons. The first kappa shape index (κ1) is 14.1. The van der Waals surface area contributed by atoms with E-state index < -0.39 is 5.60 Å². The smallest absolute Gasteiger partial charge is 0.254 e. The second-order valence-corrected chi connectivity index (χ2v) is 5.48. The Morgan fingerprint density at radius 2 is 2.16 bits per heavy atom. The lowest BCUT2D eigenvalue weighted by molar-refractivity contribution is 0.00524. The summed E-state index contributed by atoms with van der Waals surface area (Å²) < 4.78 is 1.66. The van der Waals surface area contributed by atoms with Crippen molar-refractivity contribution in [3.63, 3.8) is 0 Å². The number of hydrogen-bond donors (Lipinski definition) is 2. The predicted molar refractivity (Wildman–Crippen MR) is 73.0 cm³/mol. The molecule has 0 unspecified atom stereocenters. The summed E-state index contributed by atoms with van der Waals surface area (Å²) in [5.74, 6) is -0.135. The molecule has 1 aromatic rings. The zero-order valence-electron chi connectivity index (χ0n) is 11.8. The molecule has 19 heavy (non-hydrogen) atoms. The molecule has 1 aromatic heterocycles. The van der Waals surface area contributed by atoms with Gasteiger partial charge in [0, 0.05) is 19.8 Å². The molecule has 5 heteroatoms. The molecular formula is C14H23N3O2. The monoisotopic (exact) mass is 265 g/mol. The van der Waals surface area contributed by atoms with E-state index in [-0.39, 0.29) is 5.91 Å². The van der Waals surface area contributed by atoms with E-state index in [0.717, 1.165) is 37.8 Å². The predicted octanol–water partition coefficient (Wildman–Crippen LogP) is 1.41. The highest BCUT2D eigenvalue weighted by Gasteiger charge is 2.29. The molecule has 1 fully saturated rings. The van der Waals surface area contributed by atoms with Crippen LogP contribution in [-0.4, -0.2) is 32.9 Å². The normalized spacial score (nSPS) is 18.3. The number of aryl methyl sites for hydroxylation is 2. The Hall–Kier alpha value is -1.36. The van der Waals surface area contributed by atoms with Crippen LogP contribution in [-0.2, 0) is 13.5 Å². The molecule has 0 bridgehead atoms. The van der Waals surface area contributed by atoms with Crippen molar-refractivity contribution in [3.8, 4) is 0 Å². The van der Waals surface area contributed by atoms with Crippen LogP contribution in [0.5, 0.6) is 0 Å². The van der Waals surface area contributed by atoms with E-state index in [1.807, 2.05) is 14.0 Å². The van der Waals surface area contributed by atoms with E-state index in [0.29, 0.717) is 12.1 Å². The van der Waals surface area contributed by atoms with Crippen molar-refractivity contribution in [2.75, 3.05) is 6.54 Å². The largest absolute Gasteiger partial charge is 0.388 e. The molecule has 1 heterocycles. The molecule has 1 saturated carbocycles. The maximum atomic E-state index is 12.1. The Morgan fingerprint density at radius 1 is 1.47 bits per heavy atom. The van der Waals surface area contributed by atoms with Crippen LogP contribution in [0.1, 0.15) is 55.1 Å². The quantitative estimate of drug-likeness (QED) is 0.865. The number of amides is 1. The first-order chi connectivity index (χ1) is 9.04. The average molecular weight is 265 g/mol. The number of aromatic nitrogens is 2. The Balaban J connectivity index is 1.97. The number of rotatable bonds is 4. The van der Waals surface area contributed by atoms with Crippen LogP contribution in [0.4, 0.5) is 0 Å². The van der Waals surface area contributed by atoms with Crippen molar-refractivity contribution in [2.24, 2.45) is 7.05 Å². The van der Waals surface area contributed by atoms with E-state index in [4.69, 9.17) is 0 Å². The van der Waals surface area contributed by atoms with Gasteiger partial charge in [0.15, 0.2) is 0 Å². The first-order valence-corrected chi connectivity index (χ1v) is 7.07. The van der Waals surface area contributed by atoms with Gasteiger partial charge in [0.1, 0.15) is 0 Å². The van der Waals surface area contributed by atoms with Gasteiger partial charge in [-0.1, -0.05) is 26.2 Å². The van der Waals surface area contributed by atoms with Crippen LogP contribution in [0, 0.1) is 0 Å². The molecule has 1 aliphatic rings. The van der Waals surface area contributed by atoms with E-state index in [1.165, 1.54) is 6.42 Å². The summed E-state index contributed by atoms with van der Waals surface area (Å²) in [4.78, 5) is 12.1. The molecule has 0 spiro atoms. The van der Waals surface area contributed by atoms with Crippen LogP contribution in [0.3, 0.4) is 0 Å². The standard InChI is InChI=1S/C14H23N3O2/c1-3-12-11(9-17(2)16-12)13(18)15-10-14(19)7-5-4-6-8-14/h9,19H,3-8,10H2,1-2H3,(H,15,18). The summed E-state index contributed by atoms with van der Waals surface area (Å²) in [6.45, 7) is 2.32. The second-order valence-electron chi connectivity index (χ2n) is 5.48. The minimum absolute atomic E-state index is 0.135. The van der Waals surface area contributed by atoms with E-state index >= 15 is 0 Å². The van der Waals surface area contributed by atoms with Crippen LogP contribution >= 0.6 is 0 Å². The molecule has 0 aromatic carbocycles. The summed E-state index contributed by atoms with van der Waals surface area (Å²) >= 11 is 0. The van der Waals surface area contributed by atoms with Crippen molar-refractivity contribution < 1.29 is 9.90 Å². The zero-order chi connectivity index (χ0) is 13.9. The molecule has 2 rings (SSSR count). The molecule has 0 aliphatic heterocycles. The van der Waals surface area contributed by atoms with Crippen molar-refractivity contribution in [1.29, 1.82) is 0 Å². The first-order valence-electron chi connectivity index (χ1n) is 7.07. The van der Waals surface area contributed by atoms with Gasteiger partial charge in [0.2, 0.25) is 0 Å². The lowest BCUT2D eigenvalue weighted by atomic mass is 9.85. The number of hydrogen-bond acceptors (Lipinski definition) is 3. The molecule has 2 N–H and O–H groups in total. The van der Waals surface area contributed by atoms with Crippen molar-refractivity contribution in [2.45, 2.75) is 51.0 Å². The van der Waals surface area contributed by atoms with Crippen LogP contribution in [0.2, 0.25) is 0 Å². The maximum absolute atomic E-state index is 12.1. The average Bonchev–Trinajstić information content (AvgIpc) is 2.78. The third-order valence-corrected chi connectivity index (χ3v) is 3.85.